The van der Waals surface area contributed by atoms with E-state index in [2.05, 4.69) is 4.98 Å². The van der Waals surface area contributed by atoms with Gasteiger partial charge in [0.05, 0.1) is 22.5 Å². The summed E-state index contributed by atoms with van der Waals surface area (Å²) in [5.41, 5.74) is 1.67. The number of rotatable bonds is 4. The molecule has 0 aliphatic rings. The number of carbonyl (C=O) groups excluding carboxylic acids is 1. The molecule has 0 saturated heterocycles. The van der Waals surface area contributed by atoms with Crippen LogP contribution in [0.5, 0.6) is 0 Å². The van der Waals surface area contributed by atoms with Crippen LogP contribution in [0.1, 0.15) is 33.4 Å². The summed E-state index contributed by atoms with van der Waals surface area (Å²) in [6.07, 6.45) is -0.713. The van der Waals surface area contributed by atoms with Crippen LogP contribution in [0.4, 0.5) is 0 Å². The lowest BCUT2D eigenvalue weighted by Gasteiger charge is -2.09. The van der Waals surface area contributed by atoms with Crippen LogP contribution >= 0.6 is 11.3 Å². The largest absolute Gasteiger partial charge is 0.385 e. The molecule has 0 radical (unpaired) electrons. The molecular formula is C16H16N2O2S. The second-order valence-electron chi connectivity index (χ2n) is 5.05. The van der Waals surface area contributed by atoms with E-state index in [0.717, 1.165) is 20.8 Å². The maximum atomic E-state index is 12.4. The molecule has 1 aromatic carbocycles. The fourth-order valence-electron chi connectivity index (χ4n) is 2.39. The van der Waals surface area contributed by atoms with Crippen molar-refractivity contribution in [3.8, 4) is 0 Å². The third-order valence-corrected chi connectivity index (χ3v) is 4.42. The third-order valence-electron chi connectivity index (χ3n) is 3.37. The second-order valence-corrected chi connectivity index (χ2v) is 6.34. The molecule has 0 aliphatic carbocycles. The summed E-state index contributed by atoms with van der Waals surface area (Å²) >= 11 is 1.49. The minimum atomic E-state index is -0.713. The number of nitrogens with zero attached hydrogens (tertiary/aromatic N) is 2. The fourth-order valence-corrected chi connectivity index (χ4v) is 3.18. The standard InChI is InChI=1S/C16H16N2O2S/c1-10-7-8-15(21-10)14(20)9-18-13-6-4-3-5-12(13)17-16(18)11(2)19/h3-8,11,19H,9H2,1-2H3/t11-/m1/s1. The maximum Gasteiger partial charge on any atom is 0.192 e. The molecule has 5 heteroatoms. The van der Waals surface area contributed by atoms with Crippen LogP contribution in [0.15, 0.2) is 36.4 Å². The van der Waals surface area contributed by atoms with Crippen molar-refractivity contribution in [1.82, 2.24) is 9.55 Å². The Labute approximate surface area is 126 Å². The minimum absolute atomic E-state index is 0.0400. The highest BCUT2D eigenvalue weighted by atomic mass is 32.1. The average molecular weight is 300 g/mol. The first-order valence-corrected chi connectivity index (χ1v) is 7.61. The predicted molar refractivity (Wildman–Crippen MR) is 83.8 cm³/mol. The fraction of sp³-hybridized carbons (Fsp3) is 0.250. The van der Waals surface area contributed by atoms with E-state index in [0.29, 0.717) is 5.82 Å². The van der Waals surface area contributed by atoms with E-state index in [1.54, 1.807) is 11.5 Å². The highest BCUT2D eigenvalue weighted by molar-refractivity contribution is 7.14. The van der Waals surface area contributed by atoms with Gasteiger partial charge in [-0.2, -0.15) is 0 Å². The van der Waals surface area contributed by atoms with Crippen molar-refractivity contribution < 1.29 is 9.90 Å². The molecule has 1 N–H and O–H groups in total. The summed E-state index contributed by atoms with van der Waals surface area (Å²) in [7, 11) is 0. The molecule has 0 unspecified atom stereocenters. The summed E-state index contributed by atoms with van der Waals surface area (Å²) in [5.74, 6) is 0.566. The molecule has 2 heterocycles. The molecule has 21 heavy (non-hydrogen) atoms. The lowest BCUT2D eigenvalue weighted by molar-refractivity contribution is 0.0972. The Balaban J connectivity index is 2.03. The van der Waals surface area contributed by atoms with Gasteiger partial charge in [-0.15, -0.1) is 11.3 Å². The van der Waals surface area contributed by atoms with Crippen molar-refractivity contribution in [1.29, 1.82) is 0 Å². The Hall–Kier alpha value is -1.98. The van der Waals surface area contributed by atoms with Crippen LogP contribution in [0.2, 0.25) is 0 Å². The molecule has 3 rings (SSSR count). The van der Waals surface area contributed by atoms with Gasteiger partial charge in [-0.05, 0) is 38.1 Å². The first kappa shape index (κ1) is 14.0. The summed E-state index contributed by atoms with van der Waals surface area (Å²) in [5, 5.41) is 9.90. The molecule has 2 aromatic heterocycles. The van der Waals surface area contributed by atoms with Crippen molar-refractivity contribution in [2.45, 2.75) is 26.5 Å². The highest BCUT2D eigenvalue weighted by Gasteiger charge is 2.18. The molecule has 1 atom stereocenters. The van der Waals surface area contributed by atoms with Crippen LogP contribution < -0.4 is 0 Å². The zero-order chi connectivity index (χ0) is 15.0. The van der Waals surface area contributed by atoms with Gasteiger partial charge in [0.1, 0.15) is 11.9 Å². The highest BCUT2D eigenvalue weighted by Crippen LogP contribution is 2.22. The van der Waals surface area contributed by atoms with Crippen molar-refractivity contribution >= 4 is 28.2 Å². The van der Waals surface area contributed by atoms with Crippen LogP contribution in [0.25, 0.3) is 11.0 Å². The Morgan fingerprint density at radius 3 is 2.76 bits per heavy atom. The average Bonchev–Trinajstić information content (AvgIpc) is 3.03. The molecule has 108 valence electrons. The van der Waals surface area contributed by atoms with Crippen molar-refractivity contribution in [3.05, 3.63) is 52.0 Å². The molecule has 0 spiro atoms. The predicted octanol–water partition coefficient (Wildman–Crippen LogP) is 3.34. The number of ketones is 1. The number of aromatic nitrogens is 2. The van der Waals surface area contributed by atoms with Gasteiger partial charge < -0.3 is 9.67 Å². The van der Waals surface area contributed by atoms with E-state index in [9.17, 15) is 9.90 Å². The molecule has 3 aromatic rings. The number of carbonyl (C=O) groups is 1. The number of aliphatic hydroxyl groups is 1. The molecule has 0 bridgehead atoms. The third kappa shape index (κ3) is 2.62. The number of hydrogen-bond acceptors (Lipinski definition) is 4. The SMILES string of the molecule is Cc1ccc(C(=O)Cn2c([C@@H](C)O)nc3ccccc32)s1. The number of para-hydroxylation sites is 2. The number of aliphatic hydroxyl groups excluding tert-OH is 1. The quantitative estimate of drug-likeness (QED) is 0.752. The first-order chi connectivity index (χ1) is 10.1. The van der Waals surface area contributed by atoms with E-state index >= 15 is 0 Å². The maximum absolute atomic E-state index is 12.4. The first-order valence-electron chi connectivity index (χ1n) is 6.79. The molecule has 0 aliphatic heterocycles. The van der Waals surface area contributed by atoms with E-state index in [1.807, 2.05) is 43.3 Å². The summed E-state index contributed by atoms with van der Waals surface area (Å²) in [6.45, 7) is 3.84. The summed E-state index contributed by atoms with van der Waals surface area (Å²) < 4.78 is 1.80. The van der Waals surface area contributed by atoms with E-state index < -0.39 is 6.10 Å². The Morgan fingerprint density at radius 2 is 2.10 bits per heavy atom. The van der Waals surface area contributed by atoms with E-state index in [-0.39, 0.29) is 12.3 Å². The number of aryl methyl sites for hydroxylation is 1. The number of imidazole rings is 1. The lowest BCUT2D eigenvalue weighted by Crippen LogP contribution is -2.13. The number of fused-ring (bicyclic) bond motifs is 1. The van der Waals surface area contributed by atoms with Crippen LogP contribution in [0.3, 0.4) is 0 Å². The van der Waals surface area contributed by atoms with Gasteiger partial charge in [0.2, 0.25) is 0 Å². The van der Waals surface area contributed by atoms with Crippen LogP contribution in [0, 0.1) is 6.92 Å². The zero-order valence-electron chi connectivity index (χ0n) is 11.9. The number of thiophene rings is 1. The molecular weight excluding hydrogens is 284 g/mol. The van der Waals surface area contributed by atoms with Crippen molar-refractivity contribution in [3.63, 3.8) is 0 Å². The zero-order valence-corrected chi connectivity index (χ0v) is 12.7. The number of benzene rings is 1. The van der Waals surface area contributed by atoms with E-state index in [4.69, 9.17) is 0 Å². The molecule has 0 fully saturated rings. The van der Waals surface area contributed by atoms with Crippen molar-refractivity contribution in [2.75, 3.05) is 0 Å². The van der Waals surface area contributed by atoms with E-state index in [1.165, 1.54) is 11.3 Å². The monoisotopic (exact) mass is 300 g/mol. The minimum Gasteiger partial charge on any atom is -0.385 e. The van der Waals surface area contributed by atoms with Gasteiger partial charge in [-0.1, -0.05) is 12.1 Å². The smallest absolute Gasteiger partial charge is 0.192 e. The van der Waals surface area contributed by atoms with Gasteiger partial charge >= 0.3 is 0 Å². The Morgan fingerprint density at radius 1 is 1.33 bits per heavy atom. The summed E-state index contributed by atoms with van der Waals surface area (Å²) in [6, 6.07) is 11.4. The van der Waals surface area contributed by atoms with Gasteiger partial charge in [0.25, 0.3) is 0 Å². The van der Waals surface area contributed by atoms with Gasteiger partial charge in [-0.3, -0.25) is 4.79 Å². The topological polar surface area (TPSA) is 55.1 Å². The Kier molecular flexibility index (Phi) is 3.61. The van der Waals surface area contributed by atoms with Crippen LogP contribution in [-0.4, -0.2) is 20.4 Å². The molecule has 0 saturated carbocycles. The lowest BCUT2D eigenvalue weighted by atomic mass is 10.2. The summed E-state index contributed by atoms with van der Waals surface area (Å²) in [4.78, 5) is 18.7. The van der Waals surface area contributed by atoms with Gasteiger partial charge in [-0.25, -0.2) is 4.98 Å². The normalized spacial score (nSPS) is 12.7. The second kappa shape index (κ2) is 5.42. The molecule has 0 amide bonds. The van der Waals surface area contributed by atoms with Crippen LogP contribution in [-0.2, 0) is 6.54 Å². The van der Waals surface area contributed by atoms with Gasteiger partial charge in [0.15, 0.2) is 5.78 Å². The molecule has 4 nitrogen and oxygen atoms in total. The van der Waals surface area contributed by atoms with Gasteiger partial charge in [0, 0.05) is 4.88 Å². The van der Waals surface area contributed by atoms with Crippen molar-refractivity contribution in [2.24, 2.45) is 0 Å². The number of Topliss-reactive ketones (excluding diaryl/α,β-unsaturated/α-hetero) is 1. The number of hydrogen-bond donors (Lipinski definition) is 1. The Bertz CT molecular complexity index is 802.